The molecule has 1 N–H and O–H groups in total. The Morgan fingerprint density at radius 2 is 2.17 bits per heavy atom. The first-order valence-corrected chi connectivity index (χ1v) is 11.0. The van der Waals surface area contributed by atoms with Gasteiger partial charge in [-0.2, -0.15) is 0 Å². The van der Waals surface area contributed by atoms with Gasteiger partial charge in [0.05, 0.1) is 19.1 Å². The Hall–Kier alpha value is -1.18. The zero-order valence-corrected chi connectivity index (χ0v) is 17.7. The summed E-state index contributed by atoms with van der Waals surface area (Å²) in [5.41, 5.74) is -2.15. The number of allylic oxidation sites excluding steroid dienone is 1. The number of methoxy groups -OCH3 is 1. The van der Waals surface area contributed by atoms with Gasteiger partial charge in [-0.3, -0.25) is 0 Å². The van der Waals surface area contributed by atoms with Gasteiger partial charge in [0.1, 0.15) is 11.9 Å². The predicted molar refractivity (Wildman–Crippen MR) is 105 cm³/mol. The molecule has 0 aromatic carbocycles. The number of carbonyl (C=O) groups excluding carboxylic acids is 1. The molecule has 0 bridgehead atoms. The zero-order valence-electron chi connectivity index (χ0n) is 17.7. The lowest BCUT2D eigenvalue weighted by atomic mass is 9.71. The number of esters is 1. The zero-order chi connectivity index (χ0) is 20.9. The molecule has 0 aromatic rings. The van der Waals surface area contributed by atoms with E-state index in [1.54, 1.807) is 6.08 Å². The fourth-order valence-electron chi connectivity index (χ4n) is 5.10. The molecule has 3 fully saturated rings. The Kier molecular flexibility index (Phi) is 7.57. The fourth-order valence-corrected chi connectivity index (χ4v) is 5.10. The van der Waals surface area contributed by atoms with Crippen molar-refractivity contribution >= 4 is 5.97 Å². The first-order chi connectivity index (χ1) is 14.0. The van der Waals surface area contributed by atoms with E-state index in [0.717, 1.165) is 38.5 Å². The van der Waals surface area contributed by atoms with Gasteiger partial charge in [-0.1, -0.05) is 19.8 Å². The highest BCUT2D eigenvalue weighted by molar-refractivity contribution is 5.82. The maximum Gasteiger partial charge on any atom is 0.339 e. The number of ether oxygens (including phenoxy) is 4. The van der Waals surface area contributed by atoms with Gasteiger partial charge in [-0.05, 0) is 44.6 Å². The van der Waals surface area contributed by atoms with Crippen LogP contribution < -0.4 is 0 Å². The second-order valence-corrected chi connectivity index (χ2v) is 8.49. The molecular weight excluding hydrogens is 379 g/mol. The summed E-state index contributed by atoms with van der Waals surface area (Å²) in [5.74, 6) is 0.0105. The molecule has 2 saturated heterocycles. The number of aliphatic hydroxyl groups excluding tert-OH is 1. The minimum atomic E-state index is -1.29. The molecule has 0 spiro atoms. The van der Waals surface area contributed by atoms with Gasteiger partial charge < -0.3 is 24.1 Å². The molecule has 5 atom stereocenters. The van der Waals surface area contributed by atoms with Gasteiger partial charge >= 0.3 is 5.97 Å². The van der Waals surface area contributed by atoms with Crippen LogP contribution in [0, 0.1) is 5.41 Å². The number of halogens is 1. The molecule has 1 aliphatic carbocycles. The number of hydrogen-bond donors (Lipinski definition) is 1. The molecule has 0 aromatic heterocycles. The molecule has 7 heteroatoms. The van der Waals surface area contributed by atoms with Crippen LogP contribution >= 0.6 is 0 Å². The van der Waals surface area contributed by atoms with Gasteiger partial charge in [-0.15, -0.1) is 0 Å². The molecule has 2 heterocycles. The van der Waals surface area contributed by atoms with Crippen LogP contribution in [-0.4, -0.2) is 49.1 Å². The second-order valence-electron chi connectivity index (χ2n) is 8.49. The van der Waals surface area contributed by atoms with Crippen LogP contribution in [0.1, 0.15) is 77.6 Å². The van der Waals surface area contributed by atoms with Crippen molar-refractivity contribution in [1.29, 1.82) is 0 Å². The average Bonchev–Trinajstić information content (AvgIpc) is 3.22. The van der Waals surface area contributed by atoms with Crippen molar-refractivity contribution in [3.05, 3.63) is 11.8 Å². The largest absolute Gasteiger partial charge is 0.469 e. The minimum absolute atomic E-state index is 0.206. The Balaban J connectivity index is 1.91. The summed E-state index contributed by atoms with van der Waals surface area (Å²) in [5, 5.41) is 10.3. The maximum absolute atomic E-state index is 14.5. The average molecular weight is 415 g/mol. The topological polar surface area (TPSA) is 74.2 Å². The molecule has 4 unspecified atom stereocenters. The van der Waals surface area contributed by atoms with E-state index in [0.29, 0.717) is 31.6 Å². The first-order valence-electron chi connectivity index (χ1n) is 11.0. The van der Waals surface area contributed by atoms with Crippen LogP contribution in [0.2, 0.25) is 0 Å². The number of unbranched alkanes of at least 4 members (excludes halogenated alkanes) is 1. The van der Waals surface area contributed by atoms with Crippen molar-refractivity contribution in [2.75, 3.05) is 13.7 Å². The predicted octanol–water partition coefficient (Wildman–Crippen LogP) is 4.15. The summed E-state index contributed by atoms with van der Waals surface area (Å²) < 4.78 is 37.3. The monoisotopic (exact) mass is 414 g/mol. The van der Waals surface area contributed by atoms with E-state index in [9.17, 15) is 14.3 Å². The number of aliphatic hydroxyl groups is 1. The quantitative estimate of drug-likeness (QED) is 0.451. The summed E-state index contributed by atoms with van der Waals surface area (Å²) in [7, 11) is 1.32. The molecule has 2 aliphatic heterocycles. The van der Waals surface area contributed by atoms with E-state index < -0.39 is 35.7 Å². The van der Waals surface area contributed by atoms with E-state index in [2.05, 4.69) is 0 Å². The highest BCUT2D eigenvalue weighted by Crippen LogP contribution is 2.61. The van der Waals surface area contributed by atoms with Crippen molar-refractivity contribution in [3.63, 3.8) is 0 Å². The van der Waals surface area contributed by atoms with Crippen molar-refractivity contribution < 1.29 is 33.2 Å². The van der Waals surface area contributed by atoms with Gasteiger partial charge in [0, 0.05) is 19.3 Å². The Morgan fingerprint density at radius 3 is 2.86 bits per heavy atom. The van der Waals surface area contributed by atoms with Gasteiger partial charge in [0.15, 0.2) is 18.2 Å². The molecule has 166 valence electrons. The number of fused-ring (bicyclic) bond motifs is 1. The molecular formula is C22H35FO6. The molecule has 29 heavy (non-hydrogen) atoms. The highest BCUT2D eigenvalue weighted by atomic mass is 19.1. The van der Waals surface area contributed by atoms with Crippen LogP contribution in [-0.2, 0) is 23.7 Å². The standard InChI is InChI=1S/C22H35FO6/c1-3-4-8-16(23)10-11-17(28-19-9-5-6-14-27-19)21-12-7-13-22(21,20(25)26-2)29-18(24)15-21/h11,16,18-19,24H,3-10,12-15H2,1-2H3/t16-,18?,19?,21?,22?/m1/s1. The number of hydrogen-bond acceptors (Lipinski definition) is 6. The van der Waals surface area contributed by atoms with Crippen LogP contribution in [0.5, 0.6) is 0 Å². The summed E-state index contributed by atoms with van der Waals surface area (Å²) >= 11 is 0. The fraction of sp³-hybridized carbons (Fsp3) is 0.864. The molecule has 0 radical (unpaired) electrons. The van der Waals surface area contributed by atoms with Gasteiger partial charge in [0.25, 0.3) is 0 Å². The second kappa shape index (κ2) is 9.75. The number of alkyl halides is 1. The van der Waals surface area contributed by atoms with Crippen LogP contribution in [0.15, 0.2) is 11.8 Å². The van der Waals surface area contributed by atoms with E-state index in [4.69, 9.17) is 18.9 Å². The van der Waals surface area contributed by atoms with Crippen molar-refractivity contribution in [3.8, 4) is 0 Å². The third kappa shape index (κ3) is 4.47. The SMILES string of the molecule is CCCC[C@@H](F)CC=C(OC1CCCCO1)C12CCCC1(C(=O)OC)OC(O)C2. The summed E-state index contributed by atoms with van der Waals surface area (Å²) in [6.45, 7) is 2.66. The van der Waals surface area contributed by atoms with Crippen molar-refractivity contribution in [1.82, 2.24) is 0 Å². The molecule has 1 saturated carbocycles. The summed E-state index contributed by atoms with van der Waals surface area (Å²) in [6.07, 6.45) is 6.51. The molecule has 3 aliphatic rings. The lowest BCUT2D eigenvalue weighted by Gasteiger charge is -2.39. The first kappa shape index (κ1) is 22.5. The van der Waals surface area contributed by atoms with Crippen molar-refractivity contribution in [2.24, 2.45) is 5.41 Å². The van der Waals surface area contributed by atoms with E-state index >= 15 is 0 Å². The number of carbonyl (C=O) groups is 1. The van der Waals surface area contributed by atoms with Crippen LogP contribution in [0.3, 0.4) is 0 Å². The minimum Gasteiger partial charge on any atom is -0.469 e. The van der Waals surface area contributed by atoms with E-state index in [1.165, 1.54) is 7.11 Å². The van der Waals surface area contributed by atoms with Crippen LogP contribution in [0.25, 0.3) is 0 Å². The van der Waals surface area contributed by atoms with E-state index in [-0.39, 0.29) is 12.8 Å². The molecule has 6 nitrogen and oxygen atoms in total. The normalized spacial score (nSPS) is 35.9. The summed E-state index contributed by atoms with van der Waals surface area (Å²) in [6, 6.07) is 0. The smallest absolute Gasteiger partial charge is 0.339 e. The van der Waals surface area contributed by atoms with Crippen molar-refractivity contribution in [2.45, 2.75) is 102 Å². The molecule has 0 amide bonds. The lowest BCUT2D eigenvalue weighted by molar-refractivity contribution is -0.196. The summed E-state index contributed by atoms with van der Waals surface area (Å²) in [4.78, 5) is 12.8. The Morgan fingerprint density at radius 1 is 1.34 bits per heavy atom. The highest BCUT2D eigenvalue weighted by Gasteiger charge is 2.69. The van der Waals surface area contributed by atoms with E-state index in [1.807, 2.05) is 6.92 Å². The number of rotatable bonds is 9. The lowest BCUT2D eigenvalue weighted by Crippen LogP contribution is -2.50. The maximum atomic E-state index is 14.5. The van der Waals surface area contributed by atoms with Gasteiger partial charge in [0.2, 0.25) is 0 Å². The van der Waals surface area contributed by atoms with Crippen LogP contribution in [0.4, 0.5) is 4.39 Å². The molecule has 3 rings (SSSR count). The Bertz CT molecular complexity index is 590. The van der Waals surface area contributed by atoms with Gasteiger partial charge in [-0.25, -0.2) is 9.18 Å². The Labute approximate surface area is 172 Å². The third-order valence-electron chi connectivity index (χ3n) is 6.58. The third-order valence-corrected chi connectivity index (χ3v) is 6.58.